The van der Waals surface area contributed by atoms with E-state index in [1.54, 1.807) is 23.7 Å². The van der Waals surface area contributed by atoms with Gasteiger partial charge < -0.3 is 5.32 Å². The molecule has 0 amide bonds. The summed E-state index contributed by atoms with van der Waals surface area (Å²) in [4.78, 5) is 4.44. The molecule has 3 rings (SSSR count). The average molecular weight is 335 g/mol. The zero-order valence-corrected chi connectivity index (χ0v) is 14.1. The lowest BCUT2D eigenvalue weighted by molar-refractivity contribution is 0.329. The molecule has 124 valence electrons. The van der Waals surface area contributed by atoms with Crippen LogP contribution in [0, 0.1) is 6.92 Å². The Morgan fingerprint density at radius 1 is 1.30 bits per heavy atom. The van der Waals surface area contributed by atoms with Gasteiger partial charge in [0, 0.05) is 50.0 Å². The Hall–Kier alpha value is -1.93. The predicted molar refractivity (Wildman–Crippen MR) is 87.6 cm³/mol. The third-order valence-corrected chi connectivity index (χ3v) is 5.89. The summed E-state index contributed by atoms with van der Waals surface area (Å²) in [6.45, 7) is 2.98. The number of nitrogens with one attached hydrogen (secondary N) is 1. The fraction of sp³-hybridized carbons (Fsp3) is 0.467. The third-order valence-electron chi connectivity index (χ3n) is 4.04. The number of anilines is 1. The highest BCUT2D eigenvalue weighted by molar-refractivity contribution is 7.89. The third kappa shape index (κ3) is 3.53. The van der Waals surface area contributed by atoms with Crippen molar-refractivity contribution in [1.82, 2.24) is 19.1 Å². The van der Waals surface area contributed by atoms with Crippen LogP contribution in [-0.2, 0) is 17.1 Å². The number of sulfonamides is 1. The number of nitrogens with zero attached hydrogens (tertiary/aromatic N) is 4. The smallest absolute Gasteiger partial charge is 0.246 e. The number of aryl methyl sites for hydroxylation is 2. The maximum Gasteiger partial charge on any atom is 0.246 e. The highest BCUT2D eigenvalue weighted by atomic mass is 32.2. The first-order valence-electron chi connectivity index (χ1n) is 7.63. The molecule has 8 heteroatoms. The van der Waals surface area contributed by atoms with Crippen LogP contribution in [0.5, 0.6) is 0 Å². The van der Waals surface area contributed by atoms with Gasteiger partial charge in [0.15, 0.2) is 0 Å². The molecule has 1 fully saturated rings. The van der Waals surface area contributed by atoms with Crippen LogP contribution in [0.1, 0.15) is 18.5 Å². The number of aromatic nitrogens is 3. The molecule has 0 aliphatic carbocycles. The van der Waals surface area contributed by atoms with Crippen LogP contribution in [0.2, 0.25) is 0 Å². The summed E-state index contributed by atoms with van der Waals surface area (Å²) in [6, 6.07) is 4.21. The summed E-state index contributed by atoms with van der Waals surface area (Å²) >= 11 is 0. The standard InChI is InChI=1S/C15H21N5O2S/c1-12-9-14(3-6-16-12)18-13-4-7-20(8-5-13)23(21,22)15-10-17-19(2)11-15/h3,6,9-11,13H,4-5,7-8H2,1-2H3,(H,16,18). The molecule has 0 bridgehead atoms. The average Bonchev–Trinajstić information content (AvgIpc) is 2.95. The van der Waals surface area contributed by atoms with Gasteiger partial charge in [-0.2, -0.15) is 9.40 Å². The molecular formula is C15H21N5O2S. The van der Waals surface area contributed by atoms with Gasteiger partial charge in [0.05, 0.1) is 6.20 Å². The SMILES string of the molecule is Cc1cc(NC2CCN(S(=O)(=O)c3cnn(C)c3)CC2)ccn1. The van der Waals surface area contributed by atoms with Crippen molar-refractivity contribution < 1.29 is 8.42 Å². The van der Waals surface area contributed by atoms with Crippen LogP contribution in [-0.4, -0.2) is 46.6 Å². The predicted octanol–water partition coefficient (Wildman–Crippen LogP) is 1.39. The maximum absolute atomic E-state index is 12.6. The van der Waals surface area contributed by atoms with E-state index in [9.17, 15) is 8.42 Å². The monoisotopic (exact) mass is 335 g/mol. The minimum Gasteiger partial charge on any atom is -0.382 e. The number of rotatable bonds is 4. The summed E-state index contributed by atoms with van der Waals surface area (Å²) in [5, 5.41) is 7.41. The second-order valence-electron chi connectivity index (χ2n) is 5.86. The van der Waals surface area contributed by atoms with E-state index in [4.69, 9.17) is 0 Å². The summed E-state index contributed by atoms with van der Waals surface area (Å²) in [5.41, 5.74) is 2.00. The first-order valence-corrected chi connectivity index (χ1v) is 9.07. The van der Waals surface area contributed by atoms with E-state index in [-0.39, 0.29) is 10.9 Å². The number of pyridine rings is 1. The van der Waals surface area contributed by atoms with Gasteiger partial charge in [-0.1, -0.05) is 0 Å². The van der Waals surface area contributed by atoms with E-state index in [0.29, 0.717) is 13.1 Å². The zero-order chi connectivity index (χ0) is 16.4. The van der Waals surface area contributed by atoms with Crippen molar-refractivity contribution >= 4 is 15.7 Å². The molecule has 2 aromatic rings. The van der Waals surface area contributed by atoms with Crippen molar-refractivity contribution in [3.8, 4) is 0 Å². The Morgan fingerprint density at radius 2 is 2.04 bits per heavy atom. The maximum atomic E-state index is 12.6. The van der Waals surface area contributed by atoms with Gasteiger partial charge in [0.1, 0.15) is 4.90 Å². The Kier molecular flexibility index (Phi) is 4.36. The molecule has 2 aromatic heterocycles. The second kappa shape index (κ2) is 6.29. The molecular weight excluding hydrogens is 314 g/mol. The number of piperidine rings is 1. The van der Waals surface area contributed by atoms with Crippen LogP contribution in [0.3, 0.4) is 0 Å². The Labute approximate surface area is 136 Å². The lowest BCUT2D eigenvalue weighted by Gasteiger charge is -2.31. The fourth-order valence-electron chi connectivity index (χ4n) is 2.79. The molecule has 0 atom stereocenters. The molecule has 0 unspecified atom stereocenters. The molecule has 1 aliphatic heterocycles. The van der Waals surface area contributed by atoms with Gasteiger partial charge in [-0.3, -0.25) is 9.67 Å². The Bertz CT molecular complexity index is 779. The van der Waals surface area contributed by atoms with Crippen LogP contribution < -0.4 is 5.32 Å². The normalized spacial score (nSPS) is 17.3. The van der Waals surface area contributed by atoms with Crippen LogP contribution >= 0.6 is 0 Å². The van der Waals surface area contributed by atoms with Crippen molar-refractivity contribution in [1.29, 1.82) is 0 Å². The van der Waals surface area contributed by atoms with Gasteiger partial charge in [0.2, 0.25) is 10.0 Å². The van der Waals surface area contributed by atoms with Crippen molar-refractivity contribution in [3.05, 3.63) is 36.4 Å². The minimum absolute atomic E-state index is 0.260. The van der Waals surface area contributed by atoms with Crippen molar-refractivity contribution in [3.63, 3.8) is 0 Å². The van der Waals surface area contributed by atoms with E-state index in [1.165, 1.54) is 10.9 Å². The molecule has 3 heterocycles. The second-order valence-corrected chi connectivity index (χ2v) is 7.80. The molecule has 0 saturated carbocycles. The quantitative estimate of drug-likeness (QED) is 0.913. The first kappa shape index (κ1) is 15.9. The van der Waals surface area contributed by atoms with Crippen molar-refractivity contribution in [2.24, 2.45) is 7.05 Å². The van der Waals surface area contributed by atoms with E-state index in [2.05, 4.69) is 15.4 Å². The molecule has 0 aromatic carbocycles. The molecule has 7 nitrogen and oxygen atoms in total. The van der Waals surface area contributed by atoms with E-state index in [1.807, 2.05) is 19.1 Å². The van der Waals surface area contributed by atoms with Gasteiger partial charge in [0.25, 0.3) is 0 Å². The van der Waals surface area contributed by atoms with E-state index >= 15 is 0 Å². The lowest BCUT2D eigenvalue weighted by Crippen LogP contribution is -2.42. The van der Waals surface area contributed by atoms with E-state index < -0.39 is 10.0 Å². The van der Waals surface area contributed by atoms with Gasteiger partial charge in [-0.25, -0.2) is 8.42 Å². The van der Waals surface area contributed by atoms with Crippen LogP contribution in [0.4, 0.5) is 5.69 Å². The summed E-state index contributed by atoms with van der Waals surface area (Å²) in [5.74, 6) is 0. The summed E-state index contributed by atoms with van der Waals surface area (Å²) < 4.78 is 28.2. The highest BCUT2D eigenvalue weighted by Crippen LogP contribution is 2.22. The van der Waals surface area contributed by atoms with Crippen molar-refractivity contribution in [2.45, 2.75) is 30.7 Å². The zero-order valence-electron chi connectivity index (χ0n) is 13.3. The topological polar surface area (TPSA) is 80.1 Å². The van der Waals surface area contributed by atoms with Gasteiger partial charge in [-0.15, -0.1) is 0 Å². The molecule has 1 N–H and O–H groups in total. The van der Waals surface area contributed by atoms with Gasteiger partial charge in [-0.05, 0) is 31.9 Å². The largest absolute Gasteiger partial charge is 0.382 e. The highest BCUT2D eigenvalue weighted by Gasteiger charge is 2.30. The number of hydrogen-bond acceptors (Lipinski definition) is 5. The van der Waals surface area contributed by atoms with Crippen molar-refractivity contribution in [2.75, 3.05) is 18.4 Å². The lowest BCUT2D eigenvalue weighted by atomic mass is 10.1. The fourth-order valence-corrected chi connectivity index (χ4v) is 4.25. The molecule has 0 spiro atoms. The summed E-state index contributed by atoms with van der Waals surface area (Å²) in [6.07, 6.45) is 6.28. The molecule has 1 aliphatic rings. The Morgan fingerprint density at radius 3 is 2.65 bits per heavy atom. The van der Waals surface area contributed by atoms with Gasteiger partial charge >= 0.3 is 0 Å². The number of hydrogen-bond donors (Lipinski definition) is 1. The molecule has 1 saturated heterocycles. The first-order chi connectivity index (χ1) is 10.9. The minimum atomic E-state index is -3.43. The van der Waals surface area contributed by atoms with Crippen LogP contribution in [0.25, 0.3) is 0 Å². The molecule has 23 heavy (non-hydrogen) atoms. The van der Waals surface area contributed by atoms with Crippen LogP contribution in [0.15, 0.2) is 35.6 Å². The van der Waals surface area contributed by atoms with E-state index in [0.717, 1.165) is 24.2 Å². The molecule has 0 radical (unpaired) electrons. The Balaban J connectivity index is 1.62. The summed E-state index contributed by atoms with van der Waals surface area (Å²) in [7, 11) is -1.72.